The van der Waals surface area contributed by atoms with Crippen molar-refractivity contribution >= 4 is 17.2 Å². The number of nitrogens with zero attached hydrogens (tertiary/aromatic N) is 1. The van der Waals surface area contributed by atoms with Gasteiger partial charge >= 0.3 is 0 Å². The van der Waals surface area contributed by atoms with Crippen LogP contribution in [0.2, 0.25) is 0 Å². The maximum absolute atomic E-state index is 12.0. The van der Waals surface area contributed by atoms with Gasteiger partial charge in [0.05, 0.1) is 6.42 Å². The predicted octanol–water partition coefficient (Wildman–Crippen LogP) is 2.95. The number of hydrogen-bond donors (Lipinski definition) is 0. The molecule has 0 bridgehead atoms. The summed E-state index contributed by atoms with van der Waals surface area (Å²) in [5.41, 5.74) is 2.26. The highest BCUT2D eigenvalue weighted by Gasteiger charge is 2.09. The highest BCUT2D eigenvalue weighted by molar-refractivity contribution is 7.07. The van der Waals surface area contributed by atoms with Crippen molar-refractivity contribution in [1.29, 1.82) is 0 Å². The average molecular weight is 245 g/mol. The molecule has 0 aliphatic rings. The van der Waals surface area contributed by atoms with Gasteiger partial charge in [-0.25, -0.2) is 0 Å². The van der Waals surface area contributed by atoms with Crippen LogP contribution in [0, 0.1) is 0 Å². The first-order valence-corrected chi connectivity index (χ1v) is 6.49. The number of carbonyl (C=O) groups is 1. The van der Waals surface area contributed by atoms with Crippen LogP contribution in [0.5, 0.6) is 0 Å². The van der Waals surface area contributed by atoms with E-state index in [1.165, 1.54) is 5.56 Å². The van der Waals surface area contributed by atoms with Crippen LogP contribution in [-0.4, -0.2) is 17.9 Å². The summed E-state index contributed by atoms with van der Waals surface area (Å²) in [5.74, 6) is 0.155. The number of carbonyl (C=O) groups excluding carboxylic acids is 1. The van der Waals surface area contributed by atoms with Crippen molar-refractivity contribution in [3.8, 4) is 0 Å². The molecule has 17 heavy (non-hydrogen) atoms. The molecule has 0 fully saturated rings. The van der Waals surface area contributed by atoms with Gasteiger partial charge in [-0.2, -0.15) is 11.3 Å². The molecule has 2 aromatic rings. The topological polar surface area (TPSA) is 20.3 Å². The van der Waals surface area contributed by atoms with Gasteiger partial charge in [-0.1, -0.05) is 30.3 Å². The van der Waals surface area contributed by atoms with E-state index in [1.807, 2.05) is 42.8 Å². The zero-order chi connectivity index (χ0) is 12.1. The van der Waals surface area contributed by atoms with Crippen LogP contribution in [0.25, 0.3) is 0 Å². The number of thiophene rings is 1. The third-order valence-corrected chi connectivity index (χ3v) is 3.36. The molecular weight excluding hydrogens is 230 g/mol. The summed E-state index contributed by atoms with van der Waals surface area (Å²) in [4.78, 5) is 13.7. The highest BCUT2D eigenvalue weighted by atomic mass is 32.1. The van der Waals surface area contributed by atoms with E-state index in [2.05, 4.69) is 11.4 Å². The number of likely N-dealkylation sites (N-methyl/N-ethyl adjacent to an activating group) is 1. The van der Waals surface area contributed by atoms with E-state index in [-0.39, 0.29) is 5.91 Å². The van der Waals surface area contributed by atoms with Gasteiger partial charge in [0.15, 0.2) is 0 Å². The van der Waals surface area contributed by atoms with E-state index < -0.39 is 0 Å². The van der Waals surface area contributed by atoms with Crippen molar-refractivity contribution in [1.82, 2.24) is 4.90 Å². The minimum Gasteiger partial charge on any atom is -0.341 e. The second-order valence-electron chi connectivity index (χ2n) is 4.04. The van der Waals surface area contributed by atoms with E-state index in [9.17, 15) is 4.79 Å². The Morgan fingerprint density at radius 2 is 1.94 bits per heavy atom. The molecular formula is C14H15NOS. The van der Waals surface area contributed by atoms with E-state index in [1.54, 1.807) is 16.2 Å². The first-order chi connectivity index (χ1) is 8.25. The zero-order valence-corrected chi connectivity index (χ0v) is 10.6. The molecule has 1 aromatic heterocycles. The van der Waals surface area contributed by atoms with Crippen molar-refractivity contribution in [2.45, 2.75) is 13.0 Å². The third-order valence-electron chi connectivity index (χ3n) is 2.62. The largest absolute Gasteiger partial charge is 0.341 e. The monoisotopic (exact) mass is 245 g/mol. The summed E-state index contributed by atoms with van der Waals surface area (Å²) in [6, 6.07) is 11.9. The van der Waals surface area contributed by atoms with E-state index in [4.69, 9.17) is 0 Å². The summed E-state index contributed by atoms with van der Waals surface area (Å²) in [7, 11) is 1.85. The lowest BCUT2D eigenvalue weighted by atomic mass is 10.1. The van der Waals surface area contributed by atoms with Crippen LogP contribution in [0.3, 0.4) is 0 Å². The molecule has 0 aliphatic heterocycles. The first kappa shape index (κ1) is 11.9. The van der Waals surface area contributed by atoms with E-state index >= 15 is 0 Å². The fraction of sp³-hybridized carbons (Fsp3) is 0.214. The molecule has 0 spiro atoms. The molecule has 0 saturated heterocycles. The fourth-order valence-corrected chi connectivity index (χ4v) is 2.31. The summed E-state index contributed by atoms with van der Waals surface area (Å²) in [5, 5.41) is 4.11. The van der Waals surface area contributed by atoms with Crippen molar-refractivity contribution in [3.63, 3.8) is 0 Å². The van der Waals surface area contributed by atoms with Crippen LogP contribution in [0.1, 0.15) is 11.1 Å². The summed E-state index contributed by atoms with van der Waals surface area (Å²) < 4.78 is 0. The molecule has 88 valence electrons. The number of amides is 1. The summed E-state index contributed by atoms with van der Waals surface area (Å²) in [6.45, 7) is 0.690. The fourth-order valence-electron chi connectivity index (χ4n) is 1.65. The van der Waals surface area contributed by atoms with Crippen LogP contribution in [-0.2, 0) is 17.8 Å². The zero-order valence-electron chi connectivity index (χ0n) is 9.80. The van der Waals surface area contributed by atoms with E-state index in [0.29, 0.717) is 13.0 Å². The van der Waals surface area contributed by atoms with Gasteiger partial charge in [-0.05, 0) is 28.0 Å². The minimum atomic E-state index is 0.155. The Bertz CT molecular complexity index is 464. The van der Waals surface area contributed by atoms with E-state index in [0.717, 1.165) is 5.56 Å². The first-order valence-electron chi connectivity index (χ1n) is 5.54. The van der Waals surface area contributed by atoms with Gasteiger partial charge in [0.25, 0.3) is 0 Å². The van der Waals surface area contributed by atoms with Gasteiger partial charge in [-0.15, -0.1) is 0 Å². The maximum Gasteiger partial charge on any atom is 0.227 e. The second kappa shape index (κ2) is 5.64. The Balaban J connectivity index is 1.92. The molecule has 3 heteroatoms. The lowest BCUT2D eigenvalue weighted by molar-refractivity contribution is -0.129. The van der Waals surface area contributed by atoms with Crippen LogP contribution in [0.15, 0.2) is 47.2 Å². The lowest BCUT2D eigenvalue weighted by Gasteiger charge is -2.16. The Morgan fingerprint density at radius 3 is 2.59 bits per heavy atom. The minimum absolute atomic E-state index is 0.155. The molecule has 0 aliphatic carbocycles. The van der Waals surface area contributed by atoms with Crippen LogP contribution < -0.4 is 0 Å². The van der Waals surface area contributed by atoms with Gasteiger partial charge in [0, 0.05) is 13.6 Å². The van der Waals surface area contributed by atoms with Gasteiger partial charge < -0.3 is 4.90 Å². The molecule has 2 rings (SSSR count). The highest BCUT2D eigenvalue weighted by Crippen LogP contribution is 2.09. The van der Waals surface area contributed by atoms with Gasteiger partial charge in [-0.3, -0.25) is 4.79 Å². The maximum atomic E-state index is 12.0. The van der Waals surface area contributed by atoms with Crippen LogP contribution >= 0.6 is 11.3 Å². The number of rotatable bonds is 4. The molecule has 1 aromatic carbocycles. The molecule has 2 nitrogen and oxygen atoms in total. The quantitative estimate of drug-likeness (QED) is 0.811. The molecule has 0 unspecified atom stereocenters. The lowest BCUT2D eigenvalue weighted by Crippen LogP contribution is -2.27. The standard InChI is InChI=1S/C14H15NOS/c1-15(10-13-7-8-17-11-13)14(16)9-12-5-3-2-4-6-12/h2-8,11H,9-10H2,1H3. The second-order valence-corrected chi connectivity index (χ2v) is 4.82. The SMILES string of the molecule is CN(Cc1ccsc1)C(=O)Cc1ccccc1. The van der Waals surface area contributed by atoms with Crippen molar-refractivity contribution < 1.29 is 4.79 Å². The summed E-state index contributed by atoms with van der Waals surface area (Å²) in [6.07, 6.45) is 0.474. The third kappa shape index (κ3) is 3.43. The molecule has 0 saturated carbocycles. The summed E-state index contributed by atoms with van der Waals surface area (Å²) >= 11 is 1.66. The van der Waals surface area contributed by atoms with Crippen molar-refractivity contribution in [2.75, 3.05) is 7.05 Å². The van der Waals surface area contributed by atoms with Gasteiger partial charge in [0.1, 0.15) is 0 Å². The van der Waals surface area contributed by atoms with Crippen LogP contribution in [0.4, 0.5) is 0 Å². The molecule has 0 radical (unpaired) electrons. The molecule has 1 heterocycles. The Kier molecular flexibility index (Phi) is 3.94. The Hall–Kier alpha value is -1.61. The normalized spacial score (nSPS) is 10.2. The van der Waals surface area contributed by atoms with Crippen molar-refractivity contribution in [3.05, 3.63) is 58.3 Å². The average Bonchev–Trinajstić information content (AvgIpc) is 2.83. The Morgan fingerprint density at radius 1 is 1.18 bits per heavy atom. The smallest absolute Gasteiger partial charge is 0.227 e. The Labute approximate surface area is 106 Å². The van der Waals surface area contributed by atoms with Crippen molar-refractivity contribution in [2.24, 2.45) is 0 Å². The molecule has 0 N–H and O–H groups in total. The molecule has 0 atom stereocenters. The number of hydrogen-bond acceptors (Lipinski definition) is 2. The molecule has 1 amide bonds. The predicted molar refractivity (Wildman–Crippen MR) is 70.9 cm³/mol. The number of benzene rings is 1. The van der Waals surface area contributed by atoms with Gasteiger partial charge in [0.2, 0.25) is 5.91 Å².